The molecule has 0 fully saturated rings. The van der Waals surface area contributed by atoms with E-state index in [4.69, 9.17) is 0 Å². The van der Waals surface area contributed by atoms with Gasteiger partial charge in [0.15, 0.2) is 0 Å². The van der Waals surface area contributed by atoms with Crippen LogP contribution in [0.2, 0.25) is 0 Å². The van der Waals surface area contributed by atoms with Crippen LogP contribution in [-0.4, -0.2) is 15.7 Å². The zero-order valence-electron chi connectivity index (χ0n) is 18.7. The third-order valence-electron chi connectivity index (χ3n) is 5.48. The van der Waals surface area contributed by atoms with E-state index in [0.29, 0.717) is 11.1 Å². The van der Waals surface area contributed by atoms with Gasteiger partial charge >= 0.3 is 0 Å². The van der Waals surface area contributed by atoms with E-state index >= 15 is 0 Å². The summed E-state index contributed by atoms with van der Waals surface area (Å²) in [6.45, 7) is 10.8. The van der Waals surface area contributed by atoms with Gasteiger partial charge in [0.1, 0.15) is 0 Å². The number of aryl methyl sites for hydroxylation is 1. The predicted molar refractivity (Wildman–Crippen MR) is 122 cm³/mol. The average Bonchev–Trinajstić information content (AvgIpc) is 2.69. The number of hydrogen-bond acceptors (Lipinski definition) is 3. The van der Waals surface area contributed by atoms with E-state index in [2.05, 4.69) is 69.3 Å². The molecule has 0 spiro atoms. The third-order valence-corrected chi connectivity index (χ3v) is 5.48. The number of amides is 1. The molecular formula is C25H31N3O2. The van der Waals surface area contributed by atoms with Gasteiger partial charge in [-0.05, 0) is 28.5 Å². The Kier molecular flexibility index (Phi) is 6.11. The Morgan fingerprint density at radius 2 is 1.63 bits per heavy atom. The van der Waals surface area contributed by atoms with Gasteiger partial charge in [-0.3, -0.25) is 9.59 Å². The fourth-order valence-electron chi connectivity index (χ4n) is 3.71. The van der Waals surface area contributed by atoms with Crippen molar-refractivity contribution in [2.75, 3.05) is 0 Å². The highest BCUT2D eigenvalue weighted by atomic mass is 16.2. The lowest BCUT2D eigenvalue weighted by Gasteiger charge is -2.25. The van der Waals surface area contributed by atoms with Crippen molar-refractivity contribution in [1.82, 2.24) is 15.1 Å². The van der Waals surface area contributed by atoms with Crippen LogP contribution >= 0.6 is 0 Å². The first-order valence-corrected chi connectivity index (χ1v) is 10.4. The van der Waals surface area contributed by atoms with Gasteiger partial charge in [0, 0.05) is 12.4 Å². The van der Waals surface area contributed by atoms with Gasteiger partial charge in [-0.2, -0.15) is 5.10 Å². The number of nitrogens with zero attached hydrogens (tertiary/aromatic N) is 2. The van der Waals surface area contributed by atoms with E-state index in [-0.39, 0.29) is 35.3 Å². The van der Waals surface area contributed by atoms with Crippen molar-refractivity contribution in [1.29, 1.82) is 0 Å². The van der Waals surface area contributed by atoms with Crippen LogP contribution in [0.3, 0.4) is 0 Å². The summed E-state index contributed by atoms with van der Waals surface area (Å²) in [5, 5.41) is 8.83. The van der Waals surface area contributed by atoms with E-state index in [0.717, 1.165) is 10.9 Å². The minimum Gasteiger partial charge on any atom is -0.349 e. The van der Waals surface area contributed by atoms with Crippen LogP contribution < -0.4 is 10.9 Å². The highest BCUT2D eigenvalue weighted by Gasteiger charge is 2.21. The fourth-order valence-corrected chi connectivity index (χ4v) is 3.71. The molecule has 0 saturated heterocycles. The number of rotatable bonds is 5. The molecule has 1 atom stereocenters. The Bertz CT molecular complexity index is 1110. The molecule has 0 bridgehead atoms. The number of benzene rings is 2. The molecule has 1 aromatic heterocycles. The topological polar surface area (TPSA) is 64.0 Å². The lowest BCUT2D eigenvalue weighted by Crippen LogP contribution is -2.33. The molecule has 0 aliphatic rings. The van der Waals surface area contributed by atoms with Crippen molar-refractivity contribution in [3.63, 3.8) is 0 Å². The van der Waals surface area contributed by atoms with Crippen LogP contribution in [0.25, 0.3) is 10.8 Å². The molecule has 2 aromatic carbocycles. The molecule has 30 heavy (non-hydrogen) atoms. The second-order valence-electron chi connectivity index (χ2n) is 9.26. The van der Waals surface area contributed by atoms with E-state index in [9.17, 15) is 9.59 Å². The van der Waals surface area contributed by atoms with Gasteiger partial charge in [0.2, 0.25) is 5.91 Å². The summed E-state index contributed by atoms with van der Waals surface area (Å²) in [6, 6.07) is 15.7. The molecule has 158 valence electrons. The highest BCUT2D eigenvalue weighted by Crippen LogP contribution is 2.27. The Balaban J connectivity index is 1.84. The smallest absolute Gasteiger partial charge is 0.274 e. The van der Waals surface area contributed by atoms with Crippen molar-refractivity contribution in [2.24, 2.45) is 13.0 Å². The van der Waals surface area contributed by atoms with Crippen molar-refractivity contribution >= 4 is 16.7 Å². The summed E-state index contributed by atoms with van der Waals surface area (Å²) in [6.07, 6.45) is 0.123. The summed E-state index contributed by atoms with van der Waals surface area (Å²) < 4.78 is 1.30. The Labute approximate surface area is 178 Å². The van der Waals surface area contributed by atoms with Crippen LogP contribution in [0.15, 0.2) is 53.3 Å². The van der Waals surface area contributed by atoms with Crippen molar-refractivity contribution in [3.8, 4) is 0 Å². The minimum atomic E-state index is -0.159. The first kappa shape index (κ1) is 21.8. The zero-order valence-corrected chi connectivity index (χ0v) is 18.7. The quantitative estimate of drug-likeness (QED) is 0.689. The maximum Gasteiger partial charge on any atom is 0.274 e. The zero-order chi connectivity index (χ0) is 22.1. The first-order chi connectivity index (χ1) is 14.1. The van der Waals surface area contributed by atoms with Crippen molar-refractivity contribution in [2.45, 2.75) is 52.5 Å². The fraction of sp³-hybridized carbons (Fsp3) is 0.400. The standard InChI is InChI=1S/C25H31N3O2/c1-16(2)23(17-11-13-18(14-12-17)25(3,4)5)26-22(29)15-21-19-9-7-8-10-20(19)24(30)28(6)27-21/h7-14,16,23H,15H2,1-6H3,(H,26,29). The molecule has 1 heterocycles. The molecule has 3 rings (SSSR count). The lowest BCUT2D eigenvalue weighted by molar-refractivity contribution is -0.121. The maximum absolute atomic E-state index is 12.9. The predicted octanol–water partition coefficient (Wildman–Crippen LogP) is 4.29. The SMILES string of the molecule is CC(C)C(NC(=O)Cc1nn(C)c(=O)c2ccccc12)c1ccc(C(C)(C)C)cc1. The van der Waals surface area contributed by atoms with E-state index < -0.39 is 0 Å². The van der Waals surface area contributed by atoms with Gasteiger partial charge in [-0.1, -0.05) is 77.1 Å². The van der Waals surface area contributed by atoms with E-state index in [1.54, 1.807) is 13.1 Å². The van der Waals surface area contributed by atoms with E-state index in [1.165, 1.54) is 10.2 Å². The molecule has 3 aromatic rings. The number of carbonyl (C=O) groups is 1. The van der Waals surface area contributed by atoms with Crippen molar-refractivity contribution in [3.05, 3.63) is 75.7 Å². The molecule has 5 nitrogen and oxygen atoms in total. The normalized spacial score (nSPS) is 12.9. The second kappa shape index (κ2) is 8.42. The molecule has 0 radical (unpaired) electrons. The van der Waals surface area contributed by atoms with Gasteiger partial charge in [-0.25, -0.2) is 4.68 Å². The molecular weight excluding hydrogens is 374 g/mol. The number of carbonyl (C=O) groups excluding carboxylic acids is 1. The van der Waals surface area contributed by atoms with Crippen molar-refractivity contribution < 1.29 is 4.79 Å². The lowest BCUT2D eigenvalue weighted by atomic mass is 9.85. The van der Waals surface area contributed by atoms with Crippen LogP contribution in [-0.2, 0) is 23.7 Å². The summed E-state index contributed by atoms with van der Waals surface area (Å²) in [5.41, 5.74) is 2.89. The Hall–Kier alpha value is -2.95. The average molecular weight is 406 g/mol. The molecule has 0 aliphatic heterocycles. The minimum absolute atomic E-state index is 0.0884. The molecule has 0 saturated carbocycles. The summed E-state index contributed by atoms with van der Waals surface area (Å²) in [7, 11) is 1.61. The third kappa shape index (κ3) is 4.61. The second-order valence-corrected chi connectivity index (χ2v) is 9.26. The van der Waals surface area contributed by atoms with Gasteiger partial charge < -0.3 is 5.32 Å². The maximum atomic E-state index is 12.9. The van der Waals surface area contributed by atoms with Gasteiger partial charge in [0.05, 0.1) is 23.5 Å². The van der Waals surface area contributed by atoms with Gasteiger partial charge in [0.25, 0.3) is 5.56 Å². The molecule has 0 aliphatic carbocycles. The number of hydrogen-bond donors (Lipinski definition) is 1. The van der Waals surface area contributed by atoms with E-state index in [1.807, 2.05) is 18.2 Å². The Morgan fingerprint density at radius 1 is 1.03 bits per heavy atom. The molecule has 1 unspecified atom stereocenters. The first-order valence-electron chi connectivity index (χ1n) is 10.4. The molecule has 1 N–H and O–H groups in total. The number of nitrogens with one attached hydrogen (secondary N) is 1. The number of fused-ring (bicyclic) bond motifs is 1. The molecule has 5 heteroatoms. The van der Waals surface area contributed by atoms with Crippen LogP contribution in [0.4, 0.5) is 0 Å². The van der Waals surface area contributed by atoms with Crippen LogP contribution in [0.5, 0.6) is 0 Å². The van der Waals surface area contributed by atoms with Crippen LogP contribution in [0, 0.1) is 5.92 Å². The Morgan fingerprint density at radius 3 is 2.20 bits per heavy atom. The summed E-state index contributed by atoms with van der Waals surface area (Å²) in [4.78, 5) is 25.2. The molecule has 1 amide bonds. The number of aromatic nitrogens is 2. The summed E-state index contributed by atoms with van der Waals surface area (Å²) in [5.74, 6) is 0.129. The summed E-state index contributed by atoms with van der Waals surface area (Å²) >= 11 is 0. The highest BCUT2D eigenvalue weighted by molar-refractivity contribution is 5.88. The van der Waals surface area contributed by atoms with Crippen LogP contribution in [0.1, 0.15) is 57.5 Å². The largest absolute Gasteiger partial charge is 0.349 e. The van der Waals surface area contributed by atoms with Gasteiger partial charge in [-0.15, -0.1) is 0 Å². The monoisotopic (exact) mass is 405 g/mol.